The predicted octanol–water partition coefficient (Wildman–Crippen LogP) is 2.43. The molecule has 0 aliphatic carbocycles. The third-order valence-electron chi connectivity index (χ3n) is 3.29. The fraction of sp³-hybridized carbons (Fsp3) is 0.188. The number of anilines is 1. The first-order chi connectivity index (χ1) is 11.5. The summed E-state index contributed by atoms with van der Waals surface area (Å²) in [6, 6.07) is 6.69. The van der Waals surface area contributed by atoms with Gasteiger partial charge in [0.2, 0.25) is 0 Å². The maximum absolute atomic E-state index is 12.0. The van der Waals surface area contributed by atoms with E-state index in [0.717, 1.165) is 0 Å². The van der Waals surface area contributed by atoms with Crippen molar-refractivity contribution in [2.45, 2.75) is 6.92 Å². The van der Waals surface area contributed by atoms with Gasteiger partial charge in [0.15, 0.2) is 11.5 Å². The summed E-state index contributed by atoms with van der Waals surface area (Å²) in [6.07, 6.45) is 0. The lowest BCUT2D eigenvalue weighted by Crippen LogP contribution is -2.16. The van der Waals surface area contributed by atoms with E-state index >= 15 is 0 Å². The summed E-state index contributed by atoms with van der Waals surface area (Å²) in [5.41, 5.74) is 5.06. The molecule has 7 nitrogen and oxygen atoms in total. The number of nitrogen functional groups attached to an aromatic ring is 1. The van der Waals surface area contributed by atoms with E-state index in [1.54, 1.807) is 13.0 Å². The van der Waals surface area contributed by atoms with E-state index in [1.807, 2.05) is 6.07 Å². The van der Waals surface area contributed by atoms with Crippen molar-refractivity contribution in [2.24, 2.45) is 0 Å². The molecule has 0 radical (unpaired) electrons. The Kier molecular flexibility index (Phi) is 4.98. The molecule has 0 unspecified atom stereocenters. The zero-order valence-corrected chi connectivity index (χ0v) is 13.7. The van der Waals surface area contributed by atoms with Crippen molar-refractivity contribution < 1.29 is 9.47 Å². The molecule has 0 bridgehead atoms. The first-order valence-corrected chi connectivity index (χ1v) is 7.22. The number of nitriles is 2. The van der Waals surface area contributed by atoms with Crippen LogP contribution in [0.2, 0.25) is 5.02 Å². The molecule has 0 aliphatic rings. The topological polar surface area (TPSA) is 125 Å². The van der Waals surface area contributed by atoms with Crippen LogP contribution in [0.3, 0.4) is 0 Å². The SMILES string of the molecule is CCOc1cc(-c2c(C#N)c(N)[nH]c(=O)c2C#N)c(Cl)cc1OC. The van der Waals surface area contributed by atoms with Crippen molar-refractivity contribution in [3.8, 4) is 34.8 Å². The number of nitrogens with two attached hydrogens (primary N) is 1. The van der Waals surface area contributed by atoms with Gasteiger partial charge in [-0.05, 0) is 13.0 Å². The Morgan fingerprint density at radius 3 is 2.46 bits per heavy atom. The van der Waals surface area contributed by atoms with E-state index in [0.29, 0.717) is 18.1 Å². The van der Waals surface area contributed by atoms with E-state index in [-0.39, 0.29) is 33.1 Å². The molecule has 0 spiro atoms. The highest BCUT2D eigenvalue weighted by atomic mass is 35.5. The van der Waals surface area contributed by atoms with Crippen molar-refractivity contribution >= 4 is 17.4 Å². The molecular formula is C16H13ClN4O3. The van der Waals surface area contributed by atoms with E-state index < -0.39 is 5.56 Å². The molecule has 0 fully saturated rings. The third kappa shape index (κ3) is 2.85. The van der Waals surface area contributed by atoms with Gasteiger partial charge in [-0.1, -0.05) is 11.6 Å². The van der Waals surface area contributed by atoms with Crippen LogP contribution in [0.25, 0.3) is 11.1 Å². The van der Waals surface area contributed by atoms with Gasteiger partial charge < -0.3 is 20.2 Å². The minimum atomic E-state index is -0.700. The summed E-state index contributed by atoms with van der Waals surface area (Å²) < 4.78 is 10.7. The molecule has 0 amide bonds. The average Bonchev–Trinajstić information content (AvgIpc) is 2.55. The fourth-order valence-corrected chi connectivity index (χ4v) is 2.52. The molecule has 1 aromatic carbocycles. The van der Waals surface area contributed by atoms with Gasteiger partial charge in [0, 0.05) is 17.2 Å². The lowest BCUT2D eigenvalue weighted by Gasteiger charge is -2.15. The highest BCUT2D eigenvalue weighted by Gasteiger charge is 2.22. The summed E-state index contributed by atoms with van der Waals surface area (Å²) in [7, 11) is 1.46. The molecule has 3 N–H and O–H groups in total. The Balaban J connectivity index is 2.92. The number of nitrogens with one attached hydrogen (secondary N) is 1. The molecule has 1 aromatic heterocycles. The minimum Gasteiger partial charge on any atom is -0.493 e. The number of methoxy groups -OCH3 is 1. The van der Waals surface area contributed by atoms with Gasteiger partial charge in [0.05, 0.1) is 18.7 Å². The predicted molar refractivity (Wildman–Crippen MR) is 89.1 cm³/mol. The number of rotatable bonds is 4. The zero-order chi connectivity index (χ0) is 17.9. The zero-order valence-electron chi connectivity index (χ0n) is 12.9. The van der Waals surface area contributed by atoms with Gasteiger partial charge in [-0.15, -0.1) is 0 Å². The van der Waals surface area contributed by atoms with Crippen LogP contribution in [0.15, 0.2) is 16.9 Å². The number of hydrogen-bond acceptors (Lipinski definition) is 6. The van der Waals surface area contributed by atoms with Crippen molar-refractivity contribution in [3.05, 3.63) is 38.6 Å². The van der Waals surface area contributed by atoms with Gasteiger partial charge in [-0.2, -0.15) is 10.5 Å². The van der Waals surface area contributed by atoms with Crippen LogP contribution in [0.5, 0.6) is 11.5 Å². The van der Waals surface area contributed by atoms with Crippen molar-refractivity contribution in [1.82, 2.24) is 4.98 Å². The fourth-order valence-electron chi connectivity index (χ4n) is 2.27. The Morgan fingerprint density at radius 2 is 1.92 bits per heavy atom. The quantitative estimate of drug-likeness (QED) is 0.877. The van der Waals surface area contributed by atoms with Crippen molar-refractivity contribution in [2.75, 3.05) is 19.5 Å². The summed E-state index contributed by atoms with van der Waals surface area (Å²) in [4.78, 5) is 14.3. The van der Waals surface area contributed by atoms with Crippen LogP contribution in [-0.4, -0.2) is 18.7 Å². The molecule has 0 atom stereocenters. The molecule has 8 heteroatoms. The lowest BCUT2D eigenvalue weighted by molar-refractivity contribution is 0.311. The average molecular weight is 345 g/mol. The number of hydrogen-bond donors (Lipinski definition) is 2. The molecule has 0 saturated heterocycles. The van der Waals surface area contributed by atoms with Crippen LogP contribution < -0.4 is 20.8 Å². The molecular weight excluding hydrogens is 332 g/mol. The maximum atomic E-state index is 12.0. The second-order valence-corrected chi connectivity index (χ2v) is 5.04. The van der Waals surface area contributed by atoms with Gasteiger partial charge in [0.25, 0.3) is 5.56 Å². The number of aromatic nitrogens is 1. The van der Waals surface area contributed by atoms with Gasteiger partial charge in [0.1, 0.15) is 29.1 Å². The summed E-state index contributed by atoms with van der Waals surface area (Å²) in [5, 5.41) is 18.9. The Morgan fingerprint density at radius 1 is 1.25 bits per heavy atom. The number of ether oxygens (including phenoxy) is 2. The first kappa shape index (κ1) is 17.2. The highest BCUT2D eigenvalue weighted by molar-refractivity contribution is 6.33. The lowest BCUT2D eigenvalue weighted by atomic mass is 9.96. The normalized spacial score (nSPS) is 9.88. The van der Waals surface area contributed by atoms with Crippen molar-refractivity contribution in [3.63, 3.8) is 0 Å². The minimum absolute atomic E-state index is 0.0411. The van der Waals surface area contributed by atoms with Crippen LogP contribution in [0.1, 0.15) is 18.1 Å². The van der Waals surface area contributed by atoms with E-state index in [4.69, 9.17) is 26.8 Å². The number of benzene rings is 1. The molecule has 24 heavy (non-hydrogen) atoms. The Hall–Kier alpha value is -3.16. The van der Waals surface area contributed by atoms with Crippen LogP contribution in [0, 0.1) is 22.7 Å². The Labute approximate surface area is 142 Å². The standard InChI is InChI=1S/C16H13ClN4O3/c1-3-24-13-4-8(11(17)5-12(13)23-2)14-9(6-18)15(20)21-16(22)10(14)7-19/h4-5H,3H2,1-2H3,(H3,20,21,22). The molecule has 2 aromatic rings. The number of pyridine rings is 1. The Bertz CT molecular complexity index is 938. The molecule has 0 aliphatic heterocycles. The molecule has 0 saturated carbocycles. The monoisotopic (exact) mass is 344 g/mol. The summed E-state index contributed by atoms with van der Waals surface area (Å²) >= 11 is 6.27. The number of aromatic amines is 1. The number of halogens is 1. The molecule has 2 rings (SSSR count). The smallest absolute Gasteiger partial charge is 0.268 e. The van der Waals surface area contributed by atoms with E-state index in [1.165, 1.54) is 19.2 Å². The summed E-state index contributed by atoms with van der Waals surface area (Å²) in [5.74, 6) is 0.618. The highest BCUT2D eigenvalue weighted by Crippen LogP contribution is 2.40. The maximum Gasteiger partial charge on any atom is 0.268 e. The van der Waals surface area contributed by atoms with Crippen LogP contribution in [0.4, 0.5) is 5.82 Å². The van der Waals surface area contributed by atoms with Crippen LogP contribution >= 0.6 is 11.6 Å². The van der Waals surface area contributed by atoms with E-state index in [2.05, 4.69) is 4.98 Å². The van der Waals surface area contributed by atoms with Gasteiger partial charge in [-0.25, -0.2) is 0 Å². The number of nitrogens with zero attached hydrogens (tertiary/aromatic N) is 2. The van der Waals surface area contributed by atoms with Gasteiger partial charge >= 0.3 is 0 Å². The third-order valence-corrected chi connectivity index (χ3v) is 3.60. The first-order valence-electron chi connectivity index (χ1n) is 6.85. The number of H-pyrrole nitrogens is 1. The molecule has 122 valence electrons. The largest absolute Gasteiger partial charge is 0.493 e. The second-order valence-electron chi connectivity index (χ2n) is 4.63. The van der Waals surface area contributed by atoms with Crippen molar-refractivity contribution in [1.29, 1.82) is 10.5 Å². The van der Waals surface area contributed by atoms with E-state index in [9.17, 15) is 15.3 Å². The second kappa shape index (κ2) is 6.95. The summed E-state index contributed by atoms with van der Waals surface area (Å²) in [6.45, 7) is 2.16. The molecule has 1 heterocycles. The van der Waals surface area contributed by atoms with Crippen LogP contribution in [-0.2, 0) is 0 Å². The van der Waals surface area contributed by atoms with Gasteiger partial charge in [-0.3, -0.25) is 4.79 Å².